The molecule has 2 aromatic heterocycles. The molecule has 5 nitrogen and oxygen atoms in total. The zero-order chi connectivity index (χ0) is 16.3. The first kappa shape index (κ1) is 15.3. The highest BCUT2D eigenvalue weighted by molar-refractivity contribution is 7.14. The van der Waals surface area contributed by atoms with E-state index >= 15 is 0 Å². The van der Waals surface area contributed by atoms with Gasteiger partial charge in [-0.2, -0.15) is 13.2 Å². The van der Waals surface area contributed by atoms with Crippen molar-refractivity contribution in [3.05, 3.63) is 53.3 Å². The average Bonchev–Trinajstić information content (AvgIpc) is 3.02. The Bertz CT molecular complexity index is 788. The molecule has 0 bridgehead atoms. The van der Waals surface area contributed by atoms with Crippen molar-refractivity contribution >= 4 is 17.3 Å². The zero-order valence-electron chi connectivity index (χ0n) is 11.6. The van der Waals surface area contributed by atoms with Crippen LogP contribution in [0.15, 0.2) is 42.6 Å². The molecule has 0 aliphatic carbocycles. The molecule has 0 spiro atoms. The molecule has 0 saturated heterocycles. The largest absolute Gasteiger partial charge is 0.433 e. The molecule has 0 fully saturated rings. The molecular formula is C14H10F3N5S. The zero-order valence-corrected chi connectivity index (χ0v) is 12.4. The maximum Gasteiger partial charge on any atom is 0.433 e. The van der Waals surface area contributed by atoms with Gasteiger partial charge in [-0.1, -0.05) is 41.7 Å². The van der Waals surface area contributed by atoms with Crippen LogP contribution in [0.5, 0.6) is 0 Å². The number of anilines is 1. The lowest BCUT2D eigenvalue weighted by molar-refractivity contribution is -0.141. The average molecular weight is 337 g/mol. The van der Waals surface area contributed by atoms with Crippen LogP contribution in [0.25, 0.3) is 10.6 Å². The van der Waals surface area contributed by atoms with E-state index in [9.17, 15) is 13.2 Å². The number of hydrogen-bond donors (Lipinski definition) is 1. The summed E-state index contributed by atoms with van der Waals surface area (Å²) in [5, 5.41) is 12.2. The van der Waals surface area contributed by atoms with Crippen molar-refractivity contribution in [2.45, 2.75) is 12.7 Å². The van der Waals surface area contributed by atoms with Gasteiger partial charge in [0.25, 0.3) is 0 Å². The summed E-state index contributed by atoms with van der Waals surface area (Å²) in [6, 6.07) is 10.3. The minimum atomic E-state index is -4.50. The number of benzene rings is 1. The van der Waals surface area contributed by atoms with Gasteiger partial charge >= 0.3 is 6.18 Å². The number of nitrogens with one attached hydrogen (secondary N) is 1. The molecule has 0 aliphatic rings. The second-order valence-corrected chi connectivity index (χ2v) is 5.55. The van der Waals surface area contributed by atoms with Crippen LogP contribution in [0, 0.1) is 0 Å². The highest BCUT2D eigenvalue weighted by Gasteiger charge is 2.32. The molecule has 0 amide bonds. The van der Waals surface area contributed by atoms with Crippen molar-refractivity contribution in [3.8, 4) is 10.6 Å². The van der Waals surface area contributed by atoms with Crippen LogP contribution in [-0.4, -0.2) is 20.2 Å². The van der Waals surface area contributed by atoms with Crippen molar-refractivity contribution in [2.24, 2.45) is 0 Å². The number of rotatable bonds is 4. The third-order valence-electron chi connectivity index (χ3n) is 2.83. The van der Waals surface area contributed by atoms with E-state index in [1.807, 2.05) is 30.3 Å². The highest BCUT2D eigenvalue weighted by Crippen LogP contribution is 2.28. The maximum absolute atomic E-state index is 12.6. The standard InChI is InChI=1S/C14H10F3N5S/c15-14(16,17)10-6-7-18-13(20-10)19-8-11-21-22-12(23-11)9-4-2-1-3-5-9/h1-7H,8H2,(H,18,19,20). The molecule has 0 aliphatic heterocycles. The summed E-state index contributed by atoms with van der Waals surface area (Å²) in [5.41, 5.74) is -0.0520. The van der Waals surface area contributed by atoms with Crippen LogP contribution in [-0.2, 0) is 12.7 Å². The van der Waals surface area contributed by atoms with Gasteiger partial charge in [-0.05, 0) is 6.07 Å². The predicted molar refractivity (Wildman–Crippen MR) is 79.7 cm³/mol. The quantitative estimate of drug-likeness (QED) is 0.788. The fourth-order valence-corrected chi connectivity index (χ4v) is 2.56. The Balaban J connectivity index is 1.69. The van der Waals surface area contributed by atoms with Crippen molar-refractivity contribution in [2.75, 3.05) is 5.32 Å². The lowest BCUT2D eigenvalue weighted by Crippen LogP contribution is -2.11. The minimum Gasteiger partial charge on any atom is -0.348 e. The second-order valence-electron chi connectivity index (χ2n) is 4.48. The molecule has 2 heterocycles. The van der Waals surface area contributed by atoms with E-state index in [0.717, 1.165) is 22.8 Å². The first-order valence-electron chi connectivity index (χ1n) is 6.54. The summed E-state index contributed by atoms with van der Waals surface area (Å²) in [7, 11) is 0. The summed E-state index contributed by atoms with van der Waals surface area (Å²) >= 11 is 1.35. The normalized spacial score (nSPS) is 11.4. The van der Waals surface area contributed by atoms with Gasteiger partial charge in [0.15, 0.2) is 0 Å². The van der Waals surface area contributed by atoms with E-state index in [0.29, 0.717) is 5.01 Å². The second kappa shape index (κ2) is 6.29. The Morgan fingerprint density at radius 2 is 1.83 bits per heavy atom. The molecular weight excluding hydrogens is 327 g/mol. The molecule has 0 unspecified atom stereocenters. The molecule has 9 heteroatoms. The molecule has 3 rings (SSSR count). The lowest BCUT2D eigenvalue weighted by atomic mass is 10.2. The monoisotopic (exact) mass is 337 g/mol. The van der Waals surface area contributed by atoms with Crippen LogP contribution < -0.4 is 5.32 Å². The van der Waals surface area contributed by atoms with Gasteiger partial charge in [0, 0.05) is 11.8 Å². The van der Waals surface area contributed by atoms with E-state index < -0.39 is 11.9 Å². The van der Waals surface area contributed by atoms with Gasteiger partial charge in [0.1, 0.15) is 15.7 Å². The Labute approximate surface area is 133 Å². The summed E-state index contributed by atoms with van der Waals surface area (Å²) in [4.78, 5) is 7.20. The molecule has 1 N–H and O–H groups in total. The number of hydrogen-bond acceptors (Lipinski definition) is 6. The van der Waals surface area contributed by atoms with Gasteiger partial charge < -0.3 is 5.32 Å². The van der Waals surface area contributed by atoms with Gasteiger partial charge in [-0.25, -0.2) is 9.97 Å². The Morgan fingerprint density at radius 3 is 2.57 bits per heavy atom. The molecule has 0 atom stereocenters. The van der Waals surface area contributed by atoms with Crippen LogP contribution in [0.2, 0.25) is 0 Å². The van der Waals surface area contributed by atoms with Crippen LogP contribution >= 0.6 is 11.3 Å². The maximum atomic E-state index is 12.6. The Morgan fingerprint density at radius 1 is 1.04 bits per heavy atom. The van der Waals surface area contributed by atoms with Gasteiger partial charge in [-0.3, -0.25) is 0 Å². The first-order valence-corrected chi connectivity index (χ1v) is 7.36. The summed E-state index contributed by atoms with van der Waals surface area (Å²) in [6.07, 6.45) is -3.43. The number of halogens is 3. The third-order valence-corrected chi connectivity index (χ3v) is 3.80. The predicted octanol–water partition coefficient (Wildman–Crippen LogP) is 3.63. The Hall–Kier alpha value is -2.55. The van der Waals surface area contributed by atoms with E-state index in [2.05, 4.69) is 25.5 Å². The molecule has 0 saturated carbocycles. The molecule has 0 radical (unpaired) electrons. The van der Waals surface area contributed by atoms with Crippen molar-refractivity contribution in [1.82, 2.24) is 20.2 Å². The number of alkyl halides is 3. The fourth-order valence-electron chi connectivity index (χ4n) is 1.78. The van der Waals surface area contributed by atoms with Crippen LogP contribution in [0.1, 0.15) is 10.7 Å². The number of aromatic nitrogens is 4. The molecule has 118 valence electrons. The van der Waals surface area contributed by atoms with Crippen molar-refractivity contribution in [1.29, 1.82) is 0 Å². The Kier molecular flexibility index (Phi) is 4.20. The van der Waals surface area contributed by atoms with Crippen molar-refractivity contribution < 1.29 is 13.2 Å². The summed E-state index contributed by atoms with van der Waals surface area (Å²) < 4.78 is 37.8. The van der Waals surface area contributed by atoms with Gasteiger partial charge in [0.05, 0.1) is 6.54 Å². The molecule has 23 heavy (non-hydrogen) atoms. The van der Waals surface area contributed by atoms with Gasteiger partial charge in [-0.15, -0.1) is 10.2 Å². The SMILES string of the molecule is FC(F)(F)c1ccnc(NCc2nnc(-c3ccccc3)s2)n1. The first-order chi connectivity index (χ1) is 11.0. The van der Waals surface area contributed by atoms with E-state index in [4.69, 9.17) is 0 Å². The number of nitrogens with zero attached hydrogens (tertiary/aromatic N) is 4. The highest BCUT2D eigenvalue weighted by atomic mass is 32.1. The minimum absolute atomic E-state index is 0.101. The van der Waals surface area contributed by atoms with Crippen LogP contribution in [0.4, 0.5) is 19.1 Å². The summed E-state index contributed by atoms with van der Waals surface area (Å²) in [6.45, 7) is 0.200. The summed E-state index contributed by atoms with van der Waals surface area (Å²) in [5.74, 6) is -0.101. The van der Waals surface area contributed by atoms with Gasteiger partial charge in [0.2, 0.25) is 5.95 Å². The van der Waals surface area contributed by atoms with E-state index in [-0.39, 0.29) is 12.5 Å². The van der Waals surface area contributed by atoms with Crippen molar-refractivity contribution in [3.63, 3.8) is 0 Å². The lowest BCUT2D eigenvalue weighted by Gasteiger charge is -2.07. The third kappa shape index (κ3) is 3.81. The van der Waals surface area contributed by atoms with Crippen LogP contribution in [0.3, 0.4) is 0 Å². The smallest absolute Gasteiger partial charge is 0.348 e. The van der Waals surface area contributed by atoms with E-state index in [1.54, 1.807) is 0 Å². The fraction of sp³-hybridized carbons (Fsp3) is 0.143. The topological polar surface area (TPSA) is 63.6 Å². The molecule has 1 aromatic carbocycles. The molecule has 3 aromatic rings. The van der Waals surface area contributed by atoms with E-state index in [1.165, 1.54) is 11.3 Å².